The largest absolute Gasteiger partial charge is 0.340 e. The molecule has 2 aliphatic rings. The van der Waals surface area contributed by atoms with E-state index < -0.39 is 0 Å². The second kappa shape index (κ2) is 6.42. The predicted octanol–water partition coefficient (Wildman–Crippen LogP) is 3.34. The van der Waals surface area contributed by atoms with Crippen LogP contribution in [0, 0.1) is 0 Å². The average molecular weight is 323 g/mol. The number of hydrogen-bond acceptors (Lipinski definition) is 2. The van der Waals surface area contributed by atoms with Crippen LogP contribution < -0.4 is 0 Å². The number of rotatable bonds is 3. The summed E-state index contributed by atoms with van der Waals surface area (Å²) in [4.78, 5) is 19.7. The molecule has 4 heteroatoms. The number of carbonyl (C=O) groups excluding carboxylic acids is 1. The van der Waals surface area contributed by atoms with E-state index >= 15 is 0 Å². The van der Waals surface area contributed by atoms with E-state index in [9.17, 15) is 4.79 Å². The van der Waals surface area contributed by atoms with Crippen molar-refractivity contribution in [1.29, 1.82) is 0 Å². The van der Waals surface area contributed by atoms with Crippen molar-refractivity contribution >= 4 is 5.91 Å². The molecule has 2 heterocycles. The Morgan fingerprint density at radius 3 is 3.04 bits per heavy atom. The van der Waals surface area contributed by atoms with Gasteiger partial charge in [-0.2, -0.15) is 0 Å². The normalized spacial score (nSPS) is 23.3. The molecule has 0 saturated carbocycles. The van der Waals surface area contributed by atoms with Crippen molar-refractivity contribution in [3.05, 3.63) is 53.6 Å². The Morgan fingerprint density at radius 2 is 2.17 bits per heavy atom. The second-order valence-corrected chi connectivity index (χ2v) is 6.97. The lowest BCUT2D eigenvalue weighted by Gasteiger charge is -2.35. The van der Waals surface area contributed by atoms with Gasteiger partial charge in [-0.15, -0.1) is 0 Å². The molecule has 4 nitrogen and oxygen atoms in total. The van der Waals surface area contributed by atoms with Crippen LogP contribution in [-0.4, -0.2) is 33.4 Å². The van der Waals surface area contributed by atoms with Gasteiger partial charge < -0.3 is 9.47 Å². The number of benzene rings is 1. The van der Waals surface area contributed by atoms with Gasteiger partial charge in [0.25, 0.3) is 0 Å². The molecule has 1 aliphatic carbocycles. The van der Waals surface area contributed by atoms with Crippen LogP contribution in [0.3, 0.4) is 0 Å². The molecule has 1 aliphatic heterocycles. The highest BCUT2D eigenvalue weighted by molar-refractivity contribution is 5.85. The molecule has 0 unspecified atom stereocenters. The van der Waals surface area contributed by atoms with E-state index in [0.29, 0.717) is 11.9 Å². The second-order valence-electron chi connectivity index (χ2n) is 6.97. The zero-order valence-electron chi connectivity index (χ0n) is 14.3. The van der Waals surface area contributed by atoms with Gasteiger partial charge >= 0.3 is 0 Å². The molecule has 126 valence electrons. The number of imidazole rings is 1. The van der Waals surface area contributed by atoms with Gasteiger partial charge in [0, 0.05) is 31.9 Å². The third kappa shape index (κ3) is 2.64. The summed E-state index contributed by atoms with van der Waals surface area (Å²) in [5.74, 6) is 1.51. The Morgan fingerprint density at radius 1 is 1.29 bits per heavy atom. The van der Waals surface area contributed by atoms with Crippen molar-refractivity contribution in [1.82, 2.24) is 14.5 Å². The van der Waals surface area contributed by atoms with Crippen LogP contribution in [0.15, 0.2) is 36.7 Å². The molecule has 1 aromatic carbocycles. The zero-order chi connectivity index (χ0) is 16.5. The fraction of sp³-hybridized carbons (Fsp3) is 0.500. The number of fused-ring (bicyclic) bond motifs is 1. The Hall–Kier alpha value is -2.10. The van der Waals surface area contributed by atoms with Gasteiger partial charge in [0.05, 0.1) is 12.0 Å². The molecule has 0 radical (unpaired) electrons. The minimum Gasteiger partial charge on any atom is -0.340 e. The number of carbonyl (C=O) groups is 1. The monoisotopic (exact) mass is 323 g/mol. The molecule has 0 bridgehead atoms. The standard InChI is InChI=1S/C20H25N3O/c1-2-19-21-11-13-23(19)16-7-5-12-22(14-16)20(24)18-10-9-15-6-3-4-8-17(15)18/h3-4,6,8,11,13,16,18H,2,5,7,9-10,12,14H2,1H3/t16-,18-/m1/s1. The van der Waals surface area contributed by atoms with E-state index in [1.54, 1.807) is 0 Å². The Balaban J connectivity index is 1.51. The summed E-state index contributed by atoms with van der Waals surface area (Å²) in [6, 6.07) is 8.81. The Kier molecular flexibility index (Phi) is 4.13. The molecular weight excluding hydrogens is 298 g/mol. The molecule has 1 amide bonds. The molecular formula is C20H25N3O. The number of hydrogen-bond donors (Lipinski definition) is 0. The van der Waals surface area contributed by atoms with E-state index in [4.69, 9.17) is 0 Å². The molecule has 24 heavy (non-hydrogen) atoms. The number of nitrogens with zero attached hydrogens (tertiary/aromatic N) is 3. The Labute approximate surface area is 143 Å². The number of piperidine rings is 1. The van der Waals surface area contributed by atoms with Gasteiger partial charge in [-0.1, -0.05) is 31.2 Å². The van der Waals surface area contributed by atoms with E-state index in [-0.39, 0.29) is 5.92 Å². The molecule has 1 saturated heterocycles. The highest BCUT2D eigenvalue weighted by Gasteiger charge is 2.34. The summed E-state index contributed by atoms with van der Waals surface area (Å²) < 4.78 is 2.28. The maximum absolute atomic E-state index is 13.1. The van der Waals surface area contributed by atoms with Crippen molar-refractivity contribution in [2.45, 2.75) is 51.0 Å². The van der Waals surface area contributed by atoms with Crippen LogP contribution in [0.2, 0.25) is 0 Å². The van der Waals surface area contributed by atoms with Crippen LogP contribution >= 0.6 is 0 Å². The van der Waals surface area contributed by atoms with Gasteiger partial charge in [0.1, 0.15) is 5.82 Å². The summed E-state index contributed by atoms with van der Waals surface area (Å²) in [5, 5.41) is 0. The first-order chi connectivity index (χ1) is 11.8. The van der Waals surface area contributed by atoms with Crippen molar-refractivity contribution in [3.8, 4) is 0 Å². The van der Waals surface area contributed by atoms with Crippen molar-refractivity contribution < 1.29 is 4.79 Å². The third-order valence-corrected chi connectivity index (χ3v) is 5.60. The SMILES string of the molecule is CCc1nccn1[C@@H]1CCCN(C(=O)[C@@H]2CCc3ccccc32)C1. The predicted molar refractivity (Wildman–Crippen MR) is 94.0 cm³/mol. The fourth-order valence-electron chi connectivity index (χ4n) is 4.37. The van der Waals surface area contributed by atoms with Gasteiger partial charge in [0.2, 0.25) is 5.91 Å². The smallest absolute Gasteiger partial charge is 0.230 e. The lowest BCUT2D eigenvalue weighted by atomic mass is 9.97. The minimum atomic E-state index is 0.0633. The Bertz CT molecular complexity index is 736. The summed E-state index contributed by atoms with van der Waals surface area (Å²) >= 11 is 0. The van der Waals surface area contributed by atoms with Crippen molar-refractivity contribution in [3.63, 3.8) is 0 Å². The van der Waals surface area contributed by atoms with Crippen LogP contribution in [-0.2, 0) is 17.6 Å². The van der Waals surface area contributed by atoms with Gasteiger partial charge in [-0.3, -0.25) is 4.79 Å². The summed E-state index contributed by atoms with van der Waals surface area (Å²) in [6.45, 7) is 3.85. The summed E-state index contributed by atoms with van der Waals surface area (Å²) in [7, 11) is 0. The minimum absolute atomic E-state index is 0.0633. The molecule has 0 spiro atoms. The summed E-state index contributed by atoms with van der Waals surface area (Å²) in [6.07, 6.45) is 9.10. The third-order valence-electron chi connectivity index (χ3n) is 5.60. The maximum Gasteiger partial charge on any atom is 0.230 e. The van der Waals surface area contributed by atoms with Gasteiger partial charge in [0.15, 0.2) is 0 Å². The first kappa shape index (κ1) is 15.4. The first-order valence-electron chi connectivity index (χ1n) is 9.16. The van der Waals surface area contributed by atoms with Crippen LogP contribution in [0.4, 0.5) is 0 Å². The van der Waals surface area contributed by atoms with Gasteiger partial charge in [-0.25, -0.2) is 4.98 Å². The molecule has 4 rings (SSSR count). The lowest BCUT2D eigenvalue weighted by molar-refractivity contribution is -0.134. The van der Waals surface area contributed by atoms with E-state index in [0.717, 1.165) is 51.0 Å². The quantitative estimate of drug-likeness (QED) is 0.869. The maximum atomic E-state index is 13.1. The van der Waals surface area contributed by atoms with Gasteiger partial charge in [-0.05, 0) is 36.8 Å². The van der Waals surface area contributed by atoms with E-state index in [1.807, 2.05) is 6.20 Å². The molecule has 2 aromatic rings. The number of likely N-dealkylation sites (tertiary alicyclic amines) is 1. The van der Waals surface area contributed by atoms with Crippen LogP contribution in [0.25, 0.3) is 0 Å². The highest BCUT2D eigenvalue weighted by Crippen LogP contribution is 2.35. The molecule has 1 aromatic heterocycles. The van der Waals surface area contributed by atoms with Crippen LogP contribution in [0.1, 0.15) is 55.1 Å². The van der Waals surface area contributed by atoms with Crippen molar-refractivity contribution in [2.24, 2.45) is 0 Å². The lowest BCUT2D eigenvalue weighted by Crippen LogP contribution is -2.42. The average Bonchev–Trinajstić information content (AvgIpc) is 3.28. The topological polar surface area (TPSA) is 38.1 Å². The molecule has 2 atom stereocenters. The molecule has 1 fully saturated rings. The number of aryl methyl sites for hydroxylation is 2. The van der Waals surface area contributed by atoms with E-state index in [2.05, 4.69) is 51.8 Å². The first-order valence-corrected chi connectivity index (χ1v) is 9.16. The van der Waals surface area contributed by atoms with E-state index in [1.165, 1.54) is 11.1 Å². The molecule has 0 N–H and O–H groups in total. The number of aromatic nitrogens is 2. The zero-order valence-corrected chi connectivity index (χ0v) is 14.3. The van der Waals surface area contributed by atoms with Crippen molar-refractivity contribution in [2.75, 3.05) is 13.1 Å². The fourth-order valence-corrected chi connectivity index (χ4v) is 4.37. The number of amides is 1. The summed E-state index contributed by atoms with van der Waals surface area (Å²) in [5.41, 5.74) is 2.61. The highest BCUT2D eigenvalue weighted by atomic mass is 16.2. The van der Waals surface area contributed by atoms with Crippen LogP contribution in [0.5, 0.6) is 0 Å².